The molecule has 0 bridgehead atoms. The van der Waals surface area contributed by atoms with Gasteiger partial charge in [-0.3, -0.25) is 9.78 Å². The maximum atomic E-state index is 11.9. The van der Waals surface area contributed by atoms with Crippen LogP contribution in [-0.2, 0) is 0 Å². The standard InChI is InChI=1S/C14H23N3O/c1-11(2)6-4-5-8-17-14(18)12-10-16-9-7-13(12)15-3/h7,9-11H,4-6,8H2,1-3H3,(H,15,16)(H,17,18). The first-order valence-electron chi connectivity index (χ1n) is 6.55. The molecule has 0 radical (unpaired) electrons. The van der Waals surface area contributed by atoms with Gasteiger partial charge in [-0.2, -0.15) is 0 Å². The van der Waals surface area contributed by atoms with Gasteiger partial charge in [0.15, 0.2) is 0 Å². The van der Waals surface area contributed by atoms with E-state index in [0.29, 0.717) is 5.56 Å². The minimum Gasteiger partial charge on any atom is -0.387 e. The fourth-order valence-electron chi connectivity index (χ4n) is 1.77. The minimum atomic E-state index is -0.0583. The second-order valence-electron chi connectivity index (χ2n) is 4.82. The molecule has 1 aromatic heterocycles. The fraction of sp³-hybridized carbons (Fsp3) is 0.571. The Labute approximate surface area is 109 Å². The Morgan fingerprint density at radius 3 is 2.83 bits per heavy atom. The SMILES string of the molecule is CNc1ccncc1C(=O)NCCCCC(C)C. The Hall–Kier alpha value is -1.58. The summed E-state index contributed by atoms with van der Waals surface area (Å²) in [5.74, 6) is 0.673. The van der Waals surface area contributed by atoms with Gasteiger partial charge in [0.2, 0.25) is 0 Å². The van der Waals surface area contributed by atoms with Gasteiger partial charge in [0.1, 0.15) is 0 Å². The summed E-state index contributed by atoms with van der Waals surface area (Å²) in [5.41, 5.74) is 1.41. The molecule has 4 heteroatoms. The van der Waals surface area contributed by atoms with Crippen molar-refractivity contribution in [3.05, 3.63) is 24.0 Å². The van der Waals surface area contributed by atoms with Crippen molar-refractivity contribution in [3.63, 3.8) is 0 Å². The number of carbonyl (C=O) groups is 1. The van der Waals surface area contributed by atoms with Crippen LogP contribution in [0, 0.1) is 5.92 Å². The topological polar surface area (TPSA) is 54.0 Å². The number of hydrogen-bond donors (Lipinski definition) is 2. The van der Waals surface area contributed by atoms with Crippen molar-refractivity contribution in [1.29, 1.82) is 0 Å². The average Bonchev–Trinajstić information content (AvgIpc) is 2.37. The molecule has 2 N–H and O–H groups in total. The van der Waals surface area contributed by atoms with Gasteiger partial charge in [-0.25, -0.2) is 0 Å². The molecule has 0 fully saturated rings. The first-order chi connectivity index (χ1) is 8.65. The van der Waals surface area contributed by atoms with E-state index in [-0.39, 0.29) is 5.91 Å². The molecule has 4 nitrogen and oxygen atoms in total. The van der Waals surface area contributed by atoms with Gasteiger partial charge in [-0.1, -0.05) is 26.7 Å². The highest BCUT2D eigenvalue weighted by atomic mass is 16.1. The zero-order valence-electron chi connectivity index (χ0n) is 11.5. The lowest BCUT2D eigenvalue weighted by atomic mass is 10.1. The van der Waals surface area contributed by atoms with Crippen LogP contribution >= 0.6 is 0 Å². The highest BCUT2D eigenvalue weighted by molar-refractivity contribution is 5.99. The molecule has 0 aliphatic heterocycles. The van der Waals surface area contributed by atoms with Crippen LogP contribution in [-0.4, -0.2) is 24.5 Å². The van der Waals surface area contributed by atoms with Crippen molar-refractivity contribution >= 4 is 11.6 Å². The van der Waals surface area contributed by atoms with E-state index in [0.717, 1.165) is 31.0 Å². The first-order valence-corrected chi connectivity index (χ1v) is 6.55. The number of nitrogens with one attached hydrogen (secondary N) is 2. The molecule has 0 aliphatic carbocycles. The lowest BCUT2D eigenvalue weighted by Crippen LogP contribution is -2.25. The Bertz CT molecular complexity index is 377. The summed E-state index contributed by atoms with van der Waals surface area (Å²) in [6.07, 6.45) is 6.66. The van der Waals surface area contributed by atoms with Gasteiger partial charge < -0.3 is 10.6 Å². The average molecular weight is 249 g/mol. The minimum absolute atomic E-state index is 0.0583. The van der Waals surface area contributed by atoms with E-state index in [1.807, 2.05) is 0 Å². The summed E-state index contributed by atoms with van der Waals surface area (Å²) < 4.78 is 0. The Balaban J connectivity index is 2.36. The van der Waals surface area contributed by atoms with E-state index >= 15 is 0 Å². The van der Waals surface area contributed by atoms with E-state index in [1.165, 1.54) is 6.42 Å². The summed E-state index contributed by atoms with van der Waals surface area (Å²) in [5, 5.41) is 5.92. The molecule has 1 amide bonds. The van der Waals surface area contributed by atoms with Crippen molar-refractivity contribution < 1.29 is 4.79 Å². The lowest BCUT2D eigenvalue weighted by Gasteiger charge is -2.09. The van der Waals surface area contributed by atoms with E-state index in [1.54, 1.807) is 25.5 Å². The monoisotopic (exact) mass is 249 g/mol. The molecular formula is C14H23N3O. The van der Waals surface area contributed by atoms with E-state index < -0.39 is 0 Å². The summed E-state index contributed by atoms with van der Waals surface area (Å²) >= 11 is 0. The molecule has 0 spiro atoms. The van der Waals surface area contributed by atoms with Gasteiger partial charge in [0, 0.05) is 31.7 Å². The summed E-state index contributed by atoms with van der Waals surface area (Å²) in [6.45, 7) is 5.16. The summed E-state index contributed by atoms with van der Waals surface area (Å²) in [4.78, 5) is 15.9. The Kier molecular flexibility index (Phi) is 6.19. The molecule has 1 rings (SSSR count). The highest BCUT2D eigenvalue weighted by Gasteiger charge is 2.09. The molecule has 0 saturated heterocycles. The van der Waals surface area contributed by atoms with Crippen molar-refractivity contribution in [2.24, 2.45) is 5.92 Å². The molecule has 1 heterocycles. The van der Waals surface area contributed by atoms with Crippen LogP contribution in [0.1, 0.15) is 43.5 Å². The molecule has 0 unspecified atom stereocenters. The third-order valence-electron chi connectivity index (χ3n) is 2.83. The third kappa shape index (κ3) is 4.73. The quantitative estimate of drug-likeness (QED) is 0.730. The lowest BCUT2D eigenvalue weighted by molar-refractivity contribution is 0.0953. The number of hydrogen-bond acceptors (Lipinski definition) is 3. The predicted molar refractivity (Wildman–Crippen MR) is 74.8 cm³/mol. The number of pyridine rings is 1. The van der Waals surface area contributed by atoms with Crippen LogP contribution in [0.3, 0.4) is 0 Å². The van der Waals surface area contributed by atoms with Crippen LogP contribution in [0.15, 0.2) is 18.5 Å². The van der Waals surface area contributed by atoms with Gasteiger partial charge in [-0.05, 0) is 18.4 Å². The first kappa shape index (κ1) is 14.5. The van der Waals surface area contributed by atoms with Crippen molar-refractivity contribution in [2.75, 3.05) is 18.9 Å². The summed E-state index contributed by atoms with van der Waals surface area (Å²) in [6, 6.07) is 1.80. The number of carbonyl (C=O) groups excluding carboxylic acids is 1. The largest absolute Gasteiger partial charge is 0.387 e. The van der Waals surface area contributed by atoms with Crippen LogP contribution in [0.4, 0.5) is 5.69 Å². The fourth-order valence-corrected chi connectivity index (χ4v) is 1.77. The molecule has 0 atom stereocenters. The van der Waals surface area contributed by atoms with E-state index in [2.05, 4.69) is 29.5 Å². The van der Waals surface area contributed by atoms with Gasteiger partial charge >= 0.3 is 0 Å². The number of aromatic nitrogens is 1. The summed E-state index contributed by atoms with van der Waals surface area (Å²) in [7, 11) is 1.80. The predicted octanol–water partition coefficient (Wildman–Crippen LogP) is 2.68. The molecule has 18 heavy (non-hydrogen) atoms. The smallest absolute Gasteiger partial charge is 0.254 e. The number of unbranched alkanes of at least 4 members (excludes halogenated alkanes) is 1. The normalized spacial score (nSPS) is 10.4. The Morgan fingerprint density at radius 2 is 2.17 bits per heavy atom. The van der Waals surface area contributed by atoms with Gasteiger partial charge in [-0.15, -0.1) is 0 Å². The second kappa shape index (κ2) is 7.69. The Morgan fingerprint density at radius 1 is 1.39 bits per heavy atom. The van der Waals surface area contributed by atoms with Crippen molar-refractivity contribution in [1.82, 2.24) is 10.3 Å². The van der Waals surface area contributed by atoms with Crippen LogP contribution in [0.2, 0.25) is 0 Å². The third-order valence-corrected chi connectivity index (χ3v) is 2.83. The zero-order chi connectivity index (χ0) is 13.4. The maximum Gasteiger partial charge on any atom is 0.254 e. The van der Waals surface area contributed by atoms with Crippen LogP contribution < -0.4 is 10.6 Å². The van der Waals surface area contributed by atoms with E-state index in [4.69, 9.17) is 0 Å². The maximum absolute atomic E-state index is 11.9. The molecule has 100 valence electrons. The van der Waals surface area contributed by atoms with Gasteiger partial charge in [0.25, 0.3) is 5.91 Å². The van der Waals surface area contributed by atoms with Crippen LogP contribution in [0.5, 0.6) is 0 Å². The number of anilines is 1. The molecule has 0 aromatic carbocycles. The number of nitrogens with zero attached hydrogens (tertiary/aromatic N) is 1. The van der Waals surface area contributed by atoms with Crippen molar-refractivity contribution in [2.45, 2.75) is 33.1 Å². The molecular weight excluding hydrogens is 226 g/mol. The van der Waals surface area contributed by atoms with Crippen molar-refractivity contribution in [3.8, 4) is 0 Å². The molecule has 0 saturated carbocycles. The number of amides is 1. The second-order valence-corrected chi connectivity index (χ2v) is 4.82. The molecule has 1 aromatic rings. The van der Waals surface area contributed by atoms with Gasteiger partial charge in [0.05, 0.1) is 5.56 Å². The number of rotatable bonds is 7. The highest BCUT2D eigenvalue weighted by Crippen LogP contribution is 2.12. The zero-order valence-corrected chi connectivity index (χ0v) is 11.5. The van der Waals surface area contributed by atoms with E-state index in [9.17, 15) is 4.79 Å². The molecule has 0 aliphatic rings. The van der Waals surface area contributed by atoms with Crippen LogP contribution in [0.25, 0.3) is 0 Å².